The van der Waals surface area contributed by atoms with E-state index in [1.807, 2.05) is 0 Å². The van der Waals surface area contributed by atoms with E-state index in [1.54, 1.807) is 41.8 Å². The van der Waals surface area contributed by atoms with Gasteiger partial charge in [0, 0.05) is 46.5 Å². The van der Waals surface area contributed by atoms with E-state index in [4.69, 9.17) is 26.1 Å². The van der Waals surface area contributed by atoms with Crippen LogP contribution in [0.4, 0.5) is 13.6 Å². The maximum atomic E-state index is 15.7. The molecule has 10 nitrogen and oxygen atoms in total. The van der Waals surface area contributed by atoms with Gasteiger partial charge in [-0.1, -0.05) is 43.0 Å². The summed E-state index contributed by atoms with van der Waals surface area (Å²) in [6.07, 6.45) is 4.41. The number of rotatable bonds is 9. The predicted molar refractivity (Wildman–Crippen MR) is 179 cm³/mol. The molecule has 2 aromatic rings. The third kappa shape index (κ3) is 8.12. The molecule has 0 saturated heterocycles. The van der Waals surface area contributed by atoms with Crippen molar-refractivity contribution in [3.8, 4) is 0 Å². The fourth-order valence-corrected chi connectivity index (χ4v) is 7.63. The first-order valence-corrected chi connectivity index (χ1v) is 19.8. The number of amides is 2. The molecular formula is C31H41ClF2N6O4SSi. The van der Waals surface area contributed by atoms with Gasteiger partial charge >= 0.3 is 6.09 Å². The van der Waals surface area contributed by atoms with Crippen LogP contribution >= 0.6 is 23.4 Å². The van der Waals surface area contributed by atoms with Gasteiger partial charge in [-0.15, -0.1) is 0 Å². The zero-order valence-corrected chi connectivity index (χ0v) is 30.2. The summed E-state index contributed by atoms with van der Waals surface area (Å²) in [5, 5.41) is 0.276. The molecule has 0 bridgehead atoms. The number of nitrogens with zero attached hydrogens (tertiary/aromatic N) is 6. The standard InChI is InChI=1S/C31H41ClF2N6O4SSi/c1-29(2,3)44-28(42)40(18-43-10-11-46(7,8)9)27-38-30(4,23-14-31(23,45-27)26(41)39(5)6)20-12-19(15-37-25(20)34)13-21(33)22-16-36-24(32)17-35-22/h12-13,15-17,23H,10-11,14,18H2,1-9H3/b21-13-/t23?,30-,31+/m1/s1. The van der Waals surface area contributed by atoms with Crippen molar-refractivity contribution in [3.63, 3.8) is 0 Å². The molecule has 1 aliphatic carbocycles. The van der Waals surface area contributed by atoms with Crippen LogP contribution in [0, 0.1) is 11.9 Å². The van der Waals surface area contributed by atoms with Crippen LogP contribution < -0.4 is 0 Å². The monoisotopic (exact) mass is 694 g/mol. The first-order valence-electron chi connectivity index (χ1n) is 14.9. The molecule has 1 unspecified atom stereocenters. The summed E-state index contributed by atoms with van der Waals surface area (Å²) in [5.74, 6) is -2.19. The van der Waals surface area contributed by atoms with Crippen molar-refractivity contribution in [2.75, 3.05) is 27.4 Å². The normalized spacial score (nSPS) is 22.9. The van der Waals surface area contributed by atoms with Gasteiger partial charge in [0.1, 0.15) is 27.9 Å². The number of hydrogen-bond donors (Lipinski definition) is 0. The van der Waals surface area contributed by atoms with Crippen LogP contribution in [0.1, 0.15) is 50.9 Å². The van der Waals surface area contributed by atoms with E-state index in [-0.39, 0.29) is 39.8 Å². The van der Waals surface area contributed by atoms with Gasteiger partial charge in [0.2, 0.25) is 11.9 Å². The maximum absolute atomic E-state index is 15.7. The molecule has 3 heterocycles. The van der Waals surface area contributed by atoms with Gasteiger partial charge in [-0.25, -0.2) is 29.0 Å². The van der Waals surface area contributed by atoms with Crippen LogP contribution in [-0.2, 0) is 19.8 Å². The Bertz CT molecular complexity index is 1550. The molecule has 0 N–H and O–H groups in total. The second kappa shape index (κ2) is 13.3. The minimum absolute atomic E-state index is 0.0521. The van der Waals surface area contributed by atoms with E-state index in [9.17, 15) is 9.59 Å². The summed E-state index contributed by atoms with van der Waals surface area (Å²) in [7, 11) is 1.87. The van der Waals surface area contributed by atoms with E-state index in [0.29, 0.717) is 13.0 Å². The molecule has 250 valence electrons. The van der Waals surface area contributed by atoms with E-state index < -0.39 is 47.7 Å². The summed E-state index contributed by atoms with van der Waals surface area (Å²) < 4.78 is 41.5. The molecular weight excluding hydrogens is 654 g/mol. The Kier molecular flexibility index (Phi) is 10.4. The van der Waals surface area contributed by atoms with Gasteiger partial charge in [-0.3, -0.25) is 9.79 Å². The van der Waals surface area contributed by atoms with Crippen molar-refractivity contribution in [2.24, 2.45) is 10.9 Å². The summed E-state index contributed by atoms with van der Waals surface area (Å²) in [6, 6.07) is 2.32. The van der Waals surface area contributed by atoms with E-state index >= 15 is 8.78 Å². The second-order valence-corrected chi connectivity index (χ2v) is 21.4. The van der Waals surface area contributed by atoms with Crippen molar-refractivity contribution >= 4 is 60.5 Å². The highest BCUT2D eigenvalue weighted by Crippen LogP contribution is 2.67. The number of carbonyl (C=O) groups excluding carboxylic acids is 2. The number of fused-ring (bicyclic) bond motifs is 1. The van der Waals surface area contributed by atoms with Gasteiger partial charge in [-0.05, 0) is 57.9 Å². The lowest BCUT2D eigenvalue weighted by atomic mass is 9.86. The topological polar surface area (TPSA) is 110 Å². The molecule has 46 heavy (non-hydrogen) atoms. The lowest BCUT2D eigenvalue weighted by Crippen LogP contribution is -2.48. The smallest absolute Gasteiger partial charge is 0.418 e. The molecule has 3 atom stereocenters. The van der Waals surface area contributed by atoms with Crippen LogP contribution in [0.5, 0.6) is 0 Å². The largest absolute Gasteiger partial charge is 0.443 e. The first kappa shape index (κ1) is 35.9. The third-order valence-electron chi connectivity index (χ3n) is 7.58. The summed E-state index contributed by atoms with van der Waals surface area (Å²) in [4.78, 5) is 46.7. The highest BCUT2D eigenvalue weighted by atomic mass is 35.5. The number of halogens is 3. The van der Waals surface area contributed by atoms with Crippen LogP contribution in [0.3, 0.4) is 0 Å². The average molecular weight is 695 g/mol. The molecule has 4 rings (SSSR count). The zero-order valence-electron chi connectivity index (χ0n) is 27.7. The lowest BCUT2D eigenvalue weighted by molar-refractivity contribution is -0.129. The maximum Gasteiger partial charge on any atom is 0.418 e. The fraction of sp³-hybridized carbons (Fsp3) is 0.548. The molecule has 15 heteroatoms. The van der Waals surface area contributed by atoms with Crippen molar-refractivity contribution in [3.05, 3.63) is 52.6 Å². The first-order chi connectivity index (χ1) is 21.3. The number of aromatic nitrogens is 3. The van der Waals surface area contributed by atoms with Crippen LogP contribution in [0.15, 0.2) is 29.6 Å². The Morgan fingerprint density at radius 3 is 2.46 bits per heavy atom. The SMILES string of the molecule is CN(C)C(=O)[C@]12CC1[C@@](C)(c1cc(/C=C(\F)c3cnc(Cl)cn3)cnc1F)N=C(N(COCC[Si](C)(C)C)C(=O)OC(C)(C)C)S2. The Balaban J connectivity index is 1.80. The second-order valence-electron chi connectivity index (χ2n) is 14.1. The van der Waals surface area contributed by atoms with E-state index in [1.165, 1.54) is 34.5 Å². The molecule has 2 aromatic heterocycles. The zero-order chi connectivity index (χ0) is 34.2. The summed E-state index contributed by atoms with van der Waals surface area (Å²) in [6.45, 7) is 13.9. The number of thioether (sulfide) groups is 1. The Morgan fingerprint density at radius 2 is 1.87 bits per heavy atom. The van der Waals surface area contributed by atoms with E-state index in [0.717, 1.165) is 23.9 Å². The summed E-state index contributed by atoms with van der Waals surface area (Å²) >= 11 is 6.94. The van der Waals surface area contributed by atoms with Gasteiger partial charge < -0.3 is 14.4 Å². The highest BCUT2D eigenvalue weighted by molar-refractivity contribution is 8.16. The van der Waals surface area contributed by atoms with Gasteiger partial charge in [0.25, 0.3) is 0 Å². The number of hydrogen-bond acceptors (Lipinski definition) is 9. The van der Waals surface area contributed by atoms with Gasteiger partial charge in [-0.2, -0.15) is 4.39 Å². The lowest BCUT2D eigenvalue weighted by Gasteiger charge is -2.38. The number of amidine groups is 1. The molecule has 1 fully saturated rings. The van der Waals surface area contributed by atoms with Crippen molar-refractivity contribution < 1.29 is 27.8 Å². The number of ether oxygens (including phenoxy) is 2. The van der Waals surface area contributed by atoms with Gasteiger partial charge in [0.05, 0.1) is 17.9 Å². The van der Waals surface area contributed by atoms with Crippen molar-refractivity contribution in [1.82, 2.24) is 24.8 Å². The minimum Gasteiger partial charge on any atom is -0.443 e. The minimum atomic E-state index is -1.43. The summed E-state index contributed by atoms with van der Waals surface area (Å²) in [5.41, 5.74) is -1.95. The quantitative estimate of drug-likeness (QED) is 0.121. The molecule has 2 amide bonds. The van der Waals surface area contributed by atoms with Gasteiger partial charge in [0.15, 0.2) is 11.0 Å². The molecule has 2 aliphatic rings. The average Bonchev–Trinajstić information content (AvgIpc) is 3.69. The van der Waals surface area contributed by atoms with Crippen LogP contribution in [0.25, 0.3) is 11.9 Å². The molecule has 1 aliphatic heterocycles. The molecule has 1 saturated carbocycles. The van der Waals surface area contributed by atoms with Crippen molar-refractivity contribution in [1.29, 1.82) is 0 Å². The Morgan fingerprint density at radius 1 is 1.17 bits per heavy atom. The van der Waals surface area contributed by atoms with Crippen molar-refractivity contribution in [2.45, 2.75) is 75.7 Å². The number of aliphatic imine (C=N–C) groups is 1. The van der Waals surface area contributed by atoms with Crippen LogP contribution in [-0.4, -0.2) is 87.8 Å². The fourth-order valence-electron chi connectivity index (χ4n) is 5.09. The molecule has 0 aromatic carbocycles. The molecule has 0 radical (unpaired) electrons. The third-order valence-corrected chi connectivity index (χ3v) is 11.0. The van der Waals surface area contributed by atoms with E-state index in [2.05, 4.69) is 34.6 Å². The number of pyridine rings is 1. The number of carbonyl (C=O) groups is 2. The Labute approximate surface area is 279 Å². The molecule has 0 spiro atoms. The predicted octanol–water partition coefficient (Wildman–Crippen LogP) is 6.85. The van der Waals surface area contributed by atoms with Crippen LogP contribution in [0.2, 0.25) is 30.8 Å². The Hall–Kier alpha value is -2.94. The highest BCUT2D eigenvalue weighted by Gasteiger charge is 2.72.